The van der Waals surface area contributed by atoms with Crippen LogP contribution in [0.2, 0.25) is 0 Å². The van der Waals surface area contributed by atoms with Gasteiger partial charge >= 0.3 is 0 Å². The van der Waals surface area contributed by atoms with Gasteiger partial charge in [-0.05, 0) is 41.5 Å². The molecular weight excluding hydrogens is 242 g/mol. The summed E-state index contributed by atoms with van der Waals surface area (Å²) in [5.41, 5.74) is 2.27. The third kappa shape index (κ3) is 2.63. The number of benzene rings is 2. The Balaban J connectivity index is 2.55. The van der Waals surface area contributed by atoms with Crippen molar-refractivity contribution >= 4 is 12.2 Å². The van der Waals surface area contributed by atoms with Crippen molar-refractivity contribution in [3.63, 3.8) is 0 Å². The maximum absolute atomic E-state index is 11.6. The second-order valence-electron chi connectivity index (χ2n) is 4.05. The normalized spacial score (nSPS) is 9.95. The molecule has 0 fully saturated rings. The molecule has 0 radical (unpaired) electrons. The predicted molar refractivity (Wildman–Crippen MR) is 72.3 cm³/mol. The summed E-state index contributed by atoms with van der Waals surface area (Å²) in [5.74, 6) is -0.124. The molecule has 0 aliphatic rings. The number of hydrogen-bond acceptors (Lipinski definition) is 3. The quantitative estimate of drug-likeness (QED) is 0.826. The number of phenolic OH excluding ortho intramolecular Hbond substituents is 1. The SMILES string of the molecule is CNC(=O)c1cccc(-c2cc(O)ccc2C=O)c1. The molecule has 0 saturated heterocycles. The zero-order chi connectivity index (χ0) is 13.8. The molecule has 0 aliphatic carbocycles. The Morgan fingerprint density at radius 2 is 2.00 bits per heavy atom. The molecule has 96 valence electrons. The van der Waals surface area contributed by atoms with Crippen LogP contribution in [0.3, 0.4) is 0 Å². The van der Waals surface area contributed by atoms with Crippen molar-refractivity contribution in [3.05, 3.63) is 53.6 Å². The van der Waals surface area contributed by atoms with Crippen LogP contribution in [0.15, 0.2) is 42.5 Å². The van der Waals surface area contributed by atoms with Crippen molar-refractivity contribution in [1.82, 2.24) is 5.32 Å². The molecule has 0 heterocycles. The fraction of sp³-hybridized carbons (Fsp3) is 0.0667. The van der Waals surface area contributed by atoms with Gasteiger partial charge in [0, 0.05) is 18.2 Å². The third-order valence-electron chi connectivity index (χ3n) is 2.83. The second-order valence-corrected chi connectivity index (χ2v) is 4.05. The van der Waals surface area contributed by atoms with Crippen LogP contribution in [0, 0.1) is 0 Å². The summed E-state index contributed by atoms with van der Waals surface area (Å²) in [4.78, 5) is 22.6. The van der Waals surface area contributed by atoms with Crippen molar-refractivity contribution in [2.75, 3.05) is 7.05 Å². The molecule has 0 unspecified atom stereocenters. The molecule has 0 atom stereocenters. The van der Waals surface area contributed by atoms with E-state index < -0.39 is 0 Å². The molecule has 0 aliphatic heterocycles. The molecule has 0 aromatic heterocycles. The van der Waals surface area contributed by atoms with Gasteiger partial charge in [0.1, 0.15) is 5.75 Å². The molecule has 19 heavy (non-hydrogen) atoms. The number of nitrogens with one attached hydrogen (secondary N) is 1. The molecule has 0 saturated carbocycles. The van der Waals surface area contributed by atoms with Crippen LogP contribution in [0.5, 0.6) is 5.75 Å². The maximum atomic E-state index is 11.6. The van der Waals surface area contributed by atoms with E-state index in [-0.39, 0.29) is 11.7 Å². The Bertz CT molecular complexity index is 635. The smallest absolute Gasteiger partial charge is 0.251 e. The first-order valence-electron chi connectivity index (χ1n) is 5.76. The highest BCUT2D eigenvalue weighted by Gasteiger charge is 2.09. The Labute approximate surface area is 110 Å². The highest BCUT2D eigenvalue weighted by Crippen LogP contribution is 2.27. The minimum Gasteiger partial charge on any atom is -0.508 e. The highest BCUT2D eigenvalue weighted by molar-refractivity contribution is 5.96. The predicted octanol–water partition coefficient (Wildman–Crippen LogP) is 2.23. The van der Waals surface area contributed by atoms with E-state index in [0.29, 0.717) is 22.3 Å². The maximum Gasteiger partial charge on any atom is 0.251 e. The van der Waals surface area contributed by atoms with E-state index in [0.717, 1.165) is 6.29 Å². The molecule has 2 rings (SSSR count). The van der Waals surface area contributed by atoms with Crippen molar-refractivity contribution in [3.8, 4) is 16.9 Å². The number of phenols is 1. The van der Waals surface area contributed by atoms with E-state index in [2.05, 4.69) is 5.32 Å². The Kier molecular flexibility index (Phi) is 3.61. The molecule has 4 heteroatoms. The number of carbonyl (C=O) groups excluding carboxylic acids is 2. The molecule has 4 nitrogen and oxygen atoms in total. The van der Waals surface area contributed by atoms with Gasteiger partial charge in [-0.15, -0.1) is 0 Å². The summed E-state index contributed by atoms with van der Waals surface area (Å²) in [7, 11) is 1.56. The lowest BCUT2D eigenvalue weighted by molar-refractivity contribution is 0.0963. The largest absolute Gasteiger partial charge is 0.508 e. The fourth-order valence-electron chi connectivity index (χ4n) is 1.87. The number of aldehydes is 1. The Hall–Kier alpha value is -2.62. The average molecular weight is 255 g/mol. The summed E-state index contributed by atoms with van der Waals surface area (Å²) in [6.07, 6.45) is 0.724. The number of carbonyl (C=O) groups is 2. The summed E-state index contributed by atoms with van der Waals surface area (Å²) in [5, 5.41) is 12.1. The van der Waals surface area contributed by atoms with E-state index >= 15 is 0 Å². The lowest BCUT2D eigenvalue weighted by atomic mass is 9.98. The summed E-state index contributed by atoms with van der Waals surface area (Å²) < 4.78 is 0. The van der Waals surface area contributed by atoms with Crippen molar-refractivity contribution in [1.29, 1.82) is 0 Å². The van der Waals surface area contributed by atoms with Crippen LogP contribution in [0.4, 0.5) is 0 Å². The zero-order valence-electron chi connectivity index (χ0n) is 10.4. The summed E-state index contributed by atoms with van der Waals surface area (Å²) >= 11 is 0. The average Bonchev–Trinajstić information content (AvgIpc) is 2.46. The number of rotatable bonds is 3. The number of aromatic hydroxyl groups is 1. The lowest BCUT2D eigenvalue weighted by Gasteiger charge is -2.07. The van der Waals surface area contributed by atoms with Crippen LogP contribution in [-0.2, 0) is 0 Å². The first-order valence-corrected chi connectivity index (χ1v) is 5.76. The molecule has 1 amide bonds. The first kappa shape index (κ1) is 12.8. The standard InChI is InChI=1S/C15H13NO3/c1-16-15(19)11-4-2-3-10(7-11)14-8-13(18)6-5-12(14)9-17/h2-9,18H,1H3,(H,16,19). The zero-order valence-corrected chi connectivity index (χ0v) is 10.4. The van der Waals surface area contributed by atoms with Crippen LogP contribution >= 0.6 is 0 Å². The minimum absolute atomic E-state index is 0.0750. The van der Waals surface area contributed by atoms with E-state index in [4.69, 9.17) is 0 Å². The molecule has 2 N–H and O–H groups in total. The van der Waals surface area contributed by atoms with Gasteiger partial charge in [0.2, 0.25) is 0 Å². The molecule has 2 aromatic carbocycles. The van der Waals surface area contributed by atoms with Crippen molar-refractivity contribution < 1.29 is 14.7 Å². The Morgan fingerprint density at radius 1 is 1.21 bits per heavy atom. The van der Waals surface area contributed by atoms with Gasteiger partial charge in [-0.3, -0.25) is 9.59 Å². The third-order valence-corrected chi connectivity index (χ3v) is 2.83. The Morgan fingerprint density at radius 3 is 2.68 bits per heavy atom. The minimum atomic E-state index is -0.199. The molecule has 0 bridgehead atoms. The topological polar surface area (TPSA) is 66.4 Å². The van der Waals surface area contributed by atoms with E-state index in [1.54, 1.807) is 37.4 Å². The van der Waals surface area contributed by atoms with Crippen molar-refractivity contribution in [2.45, 2.75) is 0 Å². The van der Waals surface area contributed by atoms with Gasteiger partial charge in [-0.1, -0.05) is 12.1 Å². The van der Waals surface area contributed by atoms with Gasteiger partial charge in [0.15, 0.2) is 6.29 Å². The van der Waals surface area contributed by atoms with Crippen LogP contribution in [0.1, 0.15) is 20.7 Å². The lowest BCUT2D eigenvalue weighted by Crippen LogP contribution is -2.17. The number of amides is 1. The summed E-state index contributed by atoms with van der Waals surface area (Å²) in [6.45, 7) is 0. The van der Waals surface area contributed by atoms with Gasteiger partial charge in [0.25, 0.3) is 5.91 Å². The molecular formula is C15H13NO3. The van der Waals surface area contributed by atoms with Gasteiger partial charge < -0.3 is 10.4 Å². The van der Waals surface area contributed by atoms with Crippen LogP contribution in [0.25, 0.3) is 11.1 Å². The monoisotopic (exact) mass is 255 g/mol. The van der Waals surface area contributed by atoms with Crippen LogP contribution in [-0.4, -0.2) is 24.3 Å². The van der Waals surface area contributed by atoms with Gasteiger partial charge in [-0.25, -0.2) is 0 Å². The fourth-order valence-corrected chi connectivity index (χ4v) is 1.87. The van der Waals surface area contributed by atoms with E-state index in [1.807, 2.05) is 0 Å². The van der Waals surface area contributed by atoms with E-state index in [1.165, 1.54) is 12.1 Å². The van der Waals surface area contributed by atoms with Gasteiger partial charge in [0.05, 0.1) is 0 Å². The second kappa shape index (κ2) is 5.35. The summed E-state index contributed by atoms with van der Waals surface area (Å²) in [6, 6.07) is 11.4. The van der Waals surface area contributed by atoms with E-state index in [9.17, 15) is 14.7 Å². The molecule has 0 spiro atoms. The number of hydrogen-bond donors (Lipinski definition) is 2. The van der Waals surface area contributed by atoms with Gasteiger partial charge in [-0.2, -0.15) is 0 Å². The molecule has 2 aromatic rings. The van der Waals surface area contributed by atoms with Crippen molar-refractivity contribution in [2.24, 2.45) is 0 Å². The van der Waals surface area contributed by atoms with Crippen LogP contribution < -0.4 is 5.32 Å². The highest BCUT2D eigenvalue weighted by atomic mass is 16.3. The first-order chi connectivity index (χ1) is 9.15.